The van der Waals surface area contributed by atoms with Gasteiger partial charge in [-0.1, -0.05) is 0 Å². The molecule has 1 fully saturated rings. The third-order valence-corrected chi connectivity index (χ3v) is 3.31. The van der Waals surface area contributed by atoms with Crippen molar-refractivity contribution in [1.29, 1.82) is 0 Å². The Morgan fingerprint density at radius 2 is 2.37 bits per heavy atom. The number of nitro groups is 1. The molecular formula is C11H12FN3O4. The van der Waals surface area contributed by atoms with Crippen LogP contribution in [0.1, 0.15) is 13.3 Å². The number of carboxylic acid groups (broad SMARTS) is 1. The molecule has 0 radical (unpaired) electrons. The zero-order chi connectivity index (χ0) is 14.2. The normalized spacial score (nSPS) is 22.5. The molecule has 0 spiro atoms. The molecule has 0 bridgehead atoms. The molecule has 1 N–H and O–H groups in total. The fourth-order valence-electron chi connectivity index (χ4n) is 2.07. The number of rotatable bonds is 3. The monoisotopic (exact) mass is 269 g/mol. The first-order valence-electron chi connectivity index (χ1n) is 5.62. The Balaban J connectivity index is 2.25. The molecule has 19 heavy (non-hydrogen) atoms. The number of pyridine rings is 1. The Morgan fingerprint density at radius 3 is 2.84 bits per heavy atom. The average molecular weight is 269 g/mol. The predicted molar refractivity (Wildman–Crippen MR) is 63.4 cm³/mol. The van der Waals surface area contributed by atoms with Crippen LogP contribution >= 0.6 is 0 Å². The van der Waals surface area contributed by atoms with E-state index in [2.05, 4.69) is 4.98 Å². The number of hydrogen-bond acceptors (Lipinski definition) is 5. The largest absolute Gasteiger partial charge is 0.481 e. The molecule has 1 saturated heterocycles. The molecule has 1 unspecified atom stereocenters. The van der Waals surface area contributed by atoms with Crippen molar-refractivity contribution in [3.63, 3.8) is 0 Å². The van der Waals surface area contributed by atoms with Crippen molar-refractivity contribution in [2.75, 3.05) is 18.0 Å². The molecule has 0 aromatic carbocycles. The number of anilines is 1. The van der Waals surface area contributed by atoms with Crippen LogP contribution in [-0.2, 0) is 4.79 Å². The standard InChI is InChI=1S/C11H12FN3O4/c1-11(10(16)17)2-3-14(6-11)9-8(12)4-7(5-13-9)15(18)19/h4-5H,2-3,6H2,1H3,(H,16,17). The Morgan fingerprint density at radius 1 is 1.68 bits per heavy atom. The second kappa shape index (κ2) is 4.45. The minimum atomic E-state index is -0.949. The molecule has 1 aliphatic rings. The van der Waals surface area contributed by atoms with E-state index >= 15 is 0 Å². The van der Waals surface area contributed by atoms with Gasteiger partial charge in [-0.2, -0.15) is 0 Å². The van der Waals surface area contributed by atoms with Crippen molar-refractivity contribution in [2.24, 2.45) is 5.41 Å². The lowest BCUT2D eigenvalue weighted by Gasteiger charge is -2.20. The summed E-state index contributed by atoms with van der Waals surface area (Å²) in [6.07, 6.45) is 1.34. The average Bonchev–Trinajstić information content (AvgIpc) is 2.73. The third kappa shape index (κ3) is 2.33. The van der Waals surface area contributed by atoms with Gasteiger partial charge in [-0.3, -0.25) is 14.9 Å². The summed E-state index contributed by atoms with van der Waals surface area (Å²) < 4.78 is 13.8. The van der Waals surface area contributed by atoms with E-state index in [0.717, 1.165) is 12.3 Å². The van der Waals surface area contributed by atoms with Crippen LogP contribution in [0, 0.1) is 21.3 Å². The number of nitrogens with zero attached hydrogens (tertiary/aromatic N) is 3. The van der Waals surface area contributed by atoms with E-state index in [4.69, 9.17) is 5.11 Å². The van der Waals surface area contributed by atoms with Gasteiger partial charge < -0.3 is 10.0 Å². The van der Waals surface area contributed by atoms with E-state index in [1.807, 2.05) is 0 Å². The maximum absolute atomic E-state index is 13.8. The van der Waals surface area contributed by atoms with Gasteiger partial charge in [0, 0.05) is 13.1 Å². The number of carboxylic acids is 1. The van der Waals surface area contributed by atoms with Crippen molar-refractivity contribution in [2.45, 2.75) is 13.3 Å². The maximum Gasteiger partial charge on any atom is 0.311 e. The van der Waals surface area contributed by atoms with Crippen LogP contribution in [0.25, 0.3) is 0 Å². The Labute approximate surface area is 107 Å². The third-order valence-electron chi connectivity index (χ3n) is 3.31. The fraction of sp³-hybridized carbons (Fsp3) is 0.455. The quantitative estimate of drug-likeness (QED) is 0.658. The first-order valence-corrected chi connectivity index (χ1v) is 5.62. The second-order valence-corrected chi connectivity index (χ2v) is 4.79. The van der Waals surface area contributed by atoms with E-state index in [1.165, 1.54) is 4.90 Å². The molecule has 0 saturated carbocycles. The van der Waals surface area contributed by atoms with E-state index in [9.17, 15) is 19.3 Å². The molecule has 1 aliphatic heterocycles. The van der Waals surface area contributed by atoms with E-state index in [-0.39, 0.29) is 12.4 Å². The topological polar surface area (TPSA) is 96.6 Å². The zero-order valence-electron chi connectivity index (χ0n) is 10.2. The molecule has 0 aliphatic carbocycles. The number of aliphatic carboxylic acids is 1. The Kier molecular flexibility index (Phi) is 3.09. The van der Waals surface area contributed by atoms with Gasteiger partial charge in [-0.05, 0) is 13.3 Å². The molecular weight excluding hydrogens is 257 g/mol. The lowest BCUT2D eigenvalue weighted by Crippen LogP contribution is -2.32. The zero-order valence-corrected chi connectivity index (χ0v) is 10.2. The number of aromatic nitrogens is 1. The van der Waals surface area contributed by atoms with Crippen molar-refractivity contribution in [3.05, 3.63) is 28.2 Å². The van der Waals surface area contributed by atoms with Gasteiger partial charge in [0.05, 0.1) is 16.4 Å². The highest BCUT2D eigenvalue weighted by molar-refractivity contribution is 5.76. The molecule has 1 aromatic rings. The summed E-state index contributed by atoms with van der Waals surface area (Å²) in [6, 6.07) is 0.790. The summed E-state index contributed by atoms with van der Waals surface area (Å²) >= 11 is 0. The number of halogens is 1. The number of carbonyl (C=O) groups is 1. The lowest BCUT2D eigenvalue weighted by atomic mass is 9.90. The highest BCUT2D eigenvalue weighted by Crippen LogP contribution is 2.34. The van der Waals surface area contributed by atoms with Crippen LogP contribution in [0.5, 0.6) is 0 Å². The van der Waals surface area contributed by atoms with E-state index in [1.54, 1.807) is 6.92 Å². The summed E-state index contributed by atoms with van der Waals surface area (Å²) in [6.45, 7) is 2.06. The van der Waals surface area contributed by atoms with Gasteiger partial charge in [-0.25, -0.2) is 9.37 Å². The van der Waals surface area contributed by atoms with Crippen LogP contribution in [0.4, 0.5) is 15.9 Å². The second-order valence-electron chi connectivity index (χ2n) is 4.79. The van der Waals surface area contributed by atoms with Crippen LogP contribution in [0.15, 0.2) is 12.3 Å². The molecule has 2 heterocycles. The minimum Gasteiger partial charge on any atom is -0.481 e. The van der Waals surface area contributed by atoms with Gasteiger partial charge in [0.25, 0.3) is 5.69 Å². The molecule has 2 rings (SSSR count). The lowest BCUT2D eigenvalue weighted by molar-refractivity contribution is -0.385. The summed E-state index contributed by atoms with van der Waals surface area (Å²) in [5, 5.41) is 19.6. The van der Waals surface area contributed by atoms with Gasteiger partial charge in [0.15, 0.2) is 11.6 Å². The Hall–Kier alpha value is -2.25. The SMILES string of the molecule is CC1(C(=O)O)CCN(c2ncc([N+](=O)[O-])cc2F)C1. The van der Waals surface area contributed by atoms with Crippen LogP contribution < -0.4 is 4.90 Å². The number of hydrogen-bond donors (Lipinski definition) is 1. The van der Waals surface area contributed by atoms with Crippen molar-refractivity contribution in [1.82, 2.24) is 4.98 Å². The molecule has 102 valence electrons. The van der Waals surface area contributed by atoms with E-state index in [0.29, 0.717) is 13.0 Å². The highest BCUT2D eigenvalue weighted by atomic mass is 19.1. The van der Waals surface area contributed by atoms with Gasteiger partial charge in [-0.15, -0.1) is 0 Å². The summed E-state index contributed by atoms with van der Waals surface area (Å²) in [5.41, 5.74) is -1.38. The van der Waals surface area contributed by atoms with Crippen molar-refractivity contribution in [3.8, 4) is 0 Å². The molecule has 1 aromatic heterocycles. The predicted octanol–water partition coefficient (Wildman–Crippen LogP) is 1.43. The van der Waals surface area contributed by atoms with Crippen molar-refractivity contribution < 1.29 is 19.2 Å². The molecule has 8 heteroatoms. The van der Waals surface area contributed by atoms with Crippen molar-refractivity contribution >= 4 is 17.5 Å². The van der Waals surface area contributed by atoms with Gasteiger partial charge in [0.1, 0.15) is 6.20 Å². The summed E-state index contributed by atoms with van der Waals surface area (Å²) in [7, 11) is 0. The maximum atomic E-state index is 13.8. The van der Waals surface area contributed by atoms with Crippen LogP contribution in [-0.4, -0.2) is 34.1 Å². The molecule has 7 nitrogen and oxygen atoms in total. The van der Waals surface area contributed by atoms with Gasteiger partial charge >= 0.3 is 5.97 Å². The first kappa shape index (κ1) is 13.2. The van der Waals surface area contributed by atoms with Gasteiger partial charge in [0.2, 0.25) is 0 Å². The van der Waals surface area contributed by atoms with Crippen LogP contribution in [0.3, 0.4) is 0 Å². The van der Waals surface area contributed by atoms with E-state index < -0.39 is 27.8 Å². The molecule has 0 amide bonds. The highest BCUT2D eigenvalue weighted by Gasteiger charge is 2.41. The fourth-order valence-corrected chi connectivity index (χ4v) is 2.07. The summed E-state index contributed by atoms with van der Waals surface area (Å²) in [4.78, 5) is 26.1. The Bertz CT molecular complexity index is 551. The summed E-state index contributed by atoms with van der Waals surface area (Å²) in [5.74, 6) is -1.81. The molecule has 1 atom stereocenters. The smallest absolute Gasteiger partial charge is 0.311 e. The first-order chi connectivity index (χ1) is 8.83. The van der Waals surface area contributed by atoms with Crippen LogP contribution in [0.2, 0.25) is 0 Å². The minimum absolute atomic E-state index is 0.0458.